The number of ether oxygens (including phenoxy) is 2. The van der Waals surface area contributed by atoms with Gasteiger partial charge in [-0.05, 0) is 44.0 Å². The molecule has 0 aliphatic carbocycles. The van der Waals surface area contributed by atoms with Crippen molar-refractivity contribution in [3.05, 3.63) is 107 Å². The number of rotatable bonds is 6. The van der Waals surface area contributed by atoms with Crippen molar-refractivity contribution in [3.8, 4) is 5.75 Å². The van der Waals surface area contributed by atoms with Crippen LogP contribution in [-0.2, 0) is 14.3 Å². The van der Waals surface area contributed by atoms with Gasteiger partial charge in [-0.3, -0.25) is 4.79 Å². The largest absolute Gasteiger partial charge is 0.481 e. The van der Waals surface area contributed by atoms with Gasteiger partial charge in [0.2, 0.25) is 0 Å². The number of hydrogen-bond donors (Lipinski definition) is 1. The van der Waals surface area contributed by atoms with Crippen LogP contribution in [0.25, 0.3) is 17.2 Å². The molecule has 1 aliphatic heterocycles. The highest BCUT2D eigenvalue weighted by atomic mass is 16.6. The van der Waals surface area contributed by atoms with E-state index < -0.39 is 11.6 Å². The summed E-state index contributed by atoms with van der Waals surface area (Å²) in [6.45, 7) is 5.23. The summed E-state index contributed by atoms with van der Waals surface area (Å²) < 4.78 is 11.1. The first-order chi connectivity index (χ1) is 16.3. The second-order valence-electron chi connectivity index (χ2n) is 8.91. The van der Waals surface area contributed by atoms with Crippen LogP contribution >= 0.6 is 0 Å². The molecule has 0 spiro atoms. The molecule has 1 heterocycles. The lowest BCUT2D eigenvalue weighted by molar-refractivity contribution is -0.157. The Balaban J connectivity index is 1.72. The van der Waals surface area contributed by atoms with Crippen LogP contribution in [0.1, 0.15) is 37.5 Å². The molecule has 0 aromatic heterocycles. The lowest BCUT2D eigenvalue weighted by Gasteiger charge is -2.19. The van der Waals surface area contributed by atoms with Crippen LogP contribution in [0.5, 0.6) is 5.75 Å². The van der Waals surface area contributed by atoms with Gasteiger partial charge in [-0.25, -0.2) is 4.79 Å². The van der Waals surface area contributed by atoms with E-state index in [2.05, 4.69) is 5.32 Å². The molecule has 4 rings (SSSR count). The molecule has 1 amide bonds. The van der Waals surface area contributed by atoms with Crippen LogP contribution in [0, 0.1) is 0 Å². The van der Waals surface area contributed by atoms with Gasteiger partial charge in [0, 0.05) is 11.1 Å². The Labute approximate surface area is 199 Å². The zero-order valence-corrected chi connectivity index (χ0v) is 19.5. The molecule has 172 valence electrons. The Morgan fingerprint density at radius 3 is 2.00 bits per heavy atom. The molecule has 0 bridgehead atoms. The zero-order valence-electron chi connectivity index (χ0n) is 19.5. The third-order valence-electron chi connectivity index (χ3n) is 5.10. The molecule has 1 aliphatic rings. The van der Waals surface area contributed by atoms with Crippen molar-refractivity contribution < 1.29 is 19.1 Å². The van der Waals surface area contributed by atoms with Crippen molar-refractivity contribution in [3.63, 3.8) is 0 Å². The average Bonchev–Trinajstić information content (AvgIpc) is 3.14. The minimum Gasteiger partial charge on any atom is -0.481 e. The van der Waals surface area contributed by atoms with Crippen molar-refractivity contribution in [1.82, 2.24) is 5.32 Å². The summed E-state index contributed by atoms with van der Waals surface area (Å²) in [6, 6.07) is 26.8. The van der Waals surface area contributed by atoms with E-state index in [0.717, 1.165) is 22.3 Å². The first-order valence-electron chi connectivity index (χ1n) is 11.1. The predicted octanol–water partition coefficient (Wildman–Crippen LogP) is 5.49. The van der Waals surface area contributed by atoms with E-state index in [1.165, 1.54) is 0 Å². The highest BCUT2D eigenvalue weighted by molar-refractivity contribution is 6.34. The van der Waals surface area contributed by atoms with Crippen molar-refractivity contribution in [2.24, 2.45) is 0 Å². The number of nitrogens with one attached hydrogen (secondary N) is 1. The summed E-state index contributed by atoms with van der Waals surface area (Å²) in [5.41, 5.74) is 4.03. The standard InChI is InChI=1S/C29H27NO4/c1-29(2,3)34-25(31)19-33-24-17-11-10-16-22(24)18-23-26(20-12-6-4-7-13-20)27(28(32)30-23)21-14-8-5-9-15-21/h4-18H,19H2,1-3H3,(H,30,32)/b23-18-. The van der Waals surface area contributed by atoms with Gasteiger partial charge in [0.15, 0.2) is 6.61 Å². The smallest absolute Gasteiger partial charge is 0.344 e. The fourth-order valence-electron chi connectivity index (χ4n) is 3.78. The number of carbonyl (C=O) groups is 2. The Hall–Kier alpha value is -4.12. The molecule has 5 nitrogen and oxygen atoms in total. The Bertz CT molecular complexity index is 1250. The normalized spacial score (nSPS) is 14.8. The quantitative estimate of drug-likeness (QED) is 0.502. The lowest BCUT2D eigenvalue weighted by Crippen LogP contribution is -2.27. The second-order valence-corrected chi connectivity index (χ2v) is 8.91. The Kier molecular flexibility index (Phi) is 6.64. The number of hydrogen-bond acceptors (Lipinski definition) is 4. The molecule has 0 atom stereocenters. The van der Waals surface area contributed by atoms with E-state index in [1.54, 1.807) is 6.07 Å². The van der Waals surface area contributed by atoms with Crippen molar-refractivity contribution >= 4 is 29.1 Å². The number of benzene rings is 3. The summed E-state index contributed by atoms with van der Waals surface area (Å²) in [7, 11) is 0. The Morgan fingerprint density at radius 1 is 0.824 bits per heavy atom. The molecule has 0 radical (unpaired) electrons. The molecule has 5 heteroatoms. The molecular formula is C29H27NO4. The maximum Gasteiger partial charge on any atom is 0.344 e. The van der Waals surface area contributed by atoms with Crippen LogP contribution in [0.2, 0.25) is 0 Å². The predicted molar refractivity (Wildman–Crippen MR) is 134 cm³/mol. The first-order valence-corrected chi connectivity index (χ1v) is 11.1. The topological polar surface area (TPSA) is 64.6 Å². The van der Waals surface area contributed by atoms with E-state index in [9.17, 15) is 9.59 Å². The molecule has 3 aromatic rings. The van der Waals surface area contributed by atoms with Crippen molar-refractivity contribution in [1.29, 1.82) is 0 Å². The molecular weight excluding hydrogens is 426 g/mol. The molecule has 0 fully saturated rings. The maximum atomic E-state index is 13.1. The first kappa shape index (κ1) is 23.1. The third kappa shape index (κ3) is 5.44. The number of carbonyl (C=O) groups excluding carboxylic acids is 2. The van der Waals surface area contributed by atoms with Crippen LogP contribution in [-0.4, -0.2) is 24.1 Å². The van der Waals surface area contributed by atoms with E-state index in [-0.39, 0.29) is 12.5 Å². The third-order valence-corrected chi connectivity index (χ3v) is 5.10. The second kappa shape index (κ2) is 9.79. The average molecular weight is 454 g/mol. The minimum atomic E-state index is -0.584. The van der Waals surface area contributed by atoms with E-state index >= 15 is 0 Å². The molecule has 34 heavy (non-hydrogen) atoms. The fraction of sp³-hybridized carbons (Fsp3) is 0.172. The van der Waals surface area contributed by atoms with E-state index in [1.807, 2.05) is 106 Å². The molecule has 0 saturated carbocycles. The van der Waals surface area contributed by atoms with Crippen LogP contribution in [0.15, 0.2) is 90.6 Å². The Morgan fingerprint density at radius 2 is 1.38 bits per heavy atom. The number of amides is 1. The van der Waals surface area contributed by atoms with Gasteiger partial charge >= 0.3 is 5.97 Å². The minimum absolute atomic E-state index is 0.163. The van der Waals surface area contributed by atoms with Crippen LogP contribution < -0.4 is 10.1 Å². The highest BCUT2D eigenvalue weighted by Crippen LogP contribution is 2.37. The van der Waals surface area contributed by atoms with Gasteiger partial charge in [0.05, 0.1) is 11.3 Å². The molecule has 1 N–H and O–H groups in total. The summed E-state index contributed by atoms with van der Waals surface area (Å²) in [6.07, 6.45) is 1.88. The van der Waals surface area contributed by atoms with E-state index in [0.29, 0.717) is 17.0 Å². The summed E-state index contributed by atoms with van der Waals surface area (Å²) in [4.78, 5) is 25.2. The van der Waals surface area contributed by atoms with Crippen molar-refractivity contribution in [2.75, 3.05) is 6.61 Å². The van der Waals surface area contributed by atoms with Crippen LogP contribution in [0.4, 0.5) is 0 Å². The number of esters is 1. The van der Waals surface area contributed by atoms with Gasteiger partial charge in [0.1, 0.15) is 11.4 Å². The maximum absolute atomic E-state index is 13.1. The molecule has 0 unspecified atom stereocenters. The SMILES string of the molecule is CC(C)(C)OC(=O)COc1ccccc1/C=C1\NC(=O)C(c2ccccc2)=C1c1ccccc1. The molecule has 3 aromatic carbocycles. The zero-order chi connectivity index (χ0) is 24.1. The van der Waals surface area contributed by atoms with Gasteiger partial charge in [0.25, 0.3) is 5.91 Å². The highest BCUT2D eigenvalue weighted by Gasteiger charge is 2.29. The van der Waals surface area contributed by atoms with Crippen LogP contribution in [0.3, 0.4) is 0 Å². The lowest BCUT2D eigenvalue weighted by atomic mass is 9.94. The van der Waals surface area contributed by atoms with E-state index in [4.69, 9.17) is 9.47 Å². The molecule has 0 saturated heterocycles. The fourth-order valence-corrected chi connectivity index (χ4v) is 3.78. The summed E-state index contributed by atoms with van der Waals surface area (Å²) >= 11 is 0. The van der Waals surface area contributed by atoms with Crippen molar-refractivity contribution in [2.45, 2.75) is 26.4 Å². The van der Waals surface area contributed by atoms with Gasteiger partial charge in [-0.2, -0.15) is 0 Å². The number of allylic oxidation sites excluding steroid dienone is 1. The van der Waals surface area contributed by atoms with Gasteiger partial charge in [-0.15, -0.1) is 0 Å². The summed E-state index contributed by atoms with van der Waals surface area (Å²) in [5, 5.41) is 3.02. The van der Waals surface area contributed by atoms with Gasteiger partial charge in [-0.1, -0.05) is 78.9 Å². The number of para-hydroxylation sites is 1. The monoisotopic (exact) mass is 453 g/mol. The summed E-state index contributed by atoms with van der Waals surface area (Å²) in [5.74, 6) is -0.0838. The van der Waals surface area contributed by atoms with Gasteiger partial charge < -0.3 is 14.8 Å².